The van der Waals surface area contributed by atoms with Gasteiger partial charge < -0.3 is 4.74 Å². The smallest absolute Gasteiger partial charge is 0.333 e. The summed E-state index contributed by atoms with van der Waals surface area (Å²) >= 11 is 0. The lowest BCUT2D eigenvalue weighted by Crippen LogP contribution is -2.18. The first-order chi connectivity index (χ1) is 7.15. The van der Waals surface area contributed by atoms with Crippen LogP contribution in [-0.4, -0.2) is 12.1 Å². The maximum absolute atomic E-state index is 11.5. The maximum atomic E-state index is 11.5. The number of unbranched alkanes of at least 4 members (excludes halogenated alkanes) is 2. The Labute approximate surface area is 93.7 Å². The third kappa shape index (κ3) is 6.32. The van der Waals surface area contributed by atoms with E-state index < -0.39 is 0 Å². The van der Waals surface area contributed by atoms with Crippen molar-refractivity contribution in [2.75, 3.05) is 0 Å². The summed E-state index contributed by atoms with van der Waals surface area (Å²) in [7, 11) is 0. The Morgan fingerprint density at radius 3 is 2.47 bits per heavy atom. The van der Waals surface area contributed by atoms with E-state index in [1.54, 1.807) is 13.0 Å². The molecule has 0 saturated carbocycles. The minimum atomic E-state index is -0.166. The molecule has 0 aromatic rings. The lowest BCUT2D eigenvalue weighted by molar-refractivity contribution is -0.144. The zero-order chi connectivity index (χ0) is 11.7. The van der Waals surface area contributed by atoms with Crippen LogP contribution in [0.5, 0.6) is 0 Å². The molecule has 2 heteroatoms. The Morgan fingerprint density at radius 2 is 2.00 bits per heavy atom. The molecule has 1 atom stereocenters. The second-order valence-corrected chi connectivity index (χ2v) is 3.90. The molecule has 0 aliphatic carbocycles. The first-order valence-electron chi connectivity index (χ1n) is 5.99. The Bertz CT molecular complexity index is 207. The molecule has 0 aliphatic heterocycles. The average molecular weight is 212 g/mol. The van der Waals surface area contributed by atoms with Gasteiger partial charge in [0.15, 0.2) is 0 Å². The van der Waals surface area contributed by atoms with Crippen LogP contribution in [0.15, 0.2) is 11.6 Å². The van der Waals surface area contributed by atoms with Crippen LogP contribution in [0.2, 0.25) is 0 Å². The molecule has 0 unspecified atom stereocenters. The summed E-state index contributed by atoms with van der Waals surface area (Å²) in [4.78, 5) is 11.5. The van der Waals surface area contributed by atoms with Gasteiger partial charge in [-0.25, -0.2) is 4.79 Å². The van der Waals surface area contributed by atoms with Gasteiger partial charge in [0.1, 0.15) is 6.10 Å². The van der Waals surface area contributed by atoms with Crippen LogP contribution in [0.3, 0.4) is 0 Å². The highest BCUT2D eigenvalue weighted by Crippen LogP contribution is 2.12. The fourth-order valence-corrected chi connectivity index (χ4v) is 1.33. The molecular formula is C13H24O2. The molecule has 0 aromatic carbocycles. The molecule has 0 spiro atoms. The Morgan fingerprint density at radius 1 is 1.33 bits per heavy atom. The summed E-state index contributed by atoms with van der Waals surface area (Å²) in [6.07, 6.45) is 7.37. The second-order valence-electron chi connectivity index (χ2n) is 3.90. The van der Waals surface area contributed by atoms with Gasteiger partial charge >= 0.3 is 5.97 Å². The van der Waals surface area contributed by atoms with Gasteiger partial charge in [0.25, 0.3) is 0 Å². The highest BCUT2D eigenvalue weighted by molar-refractivity contribution is 5.87. The van der Waals surface area contributed by atoms with Gasteiger partial charge in [-0.1, -0.05) is 32.8 Å². The van der Waals surface area contributed by atoms with E-state index in [4.69, 9.17) is 4.74 Å². The van der Waals surface area contributed by atoms with E-state index in [9.17, 15) is 4.79 Å². The highest BCUT2D eigenvalue weighted by Gasteiger charge is 2.12. The van der Waals surface area contributed by atoms with Gasteiger partial charge in [-0.05, 0) is 33.1 Å². The minimum Gasteiger partial charge on any atom is -0.459 e. The number of hydrogen-bond acceptors (Lipinski definition) is 2. The lowest BCUT2D eigenvalue weighted by atomic mass is 10.1. The fraction of sp³-hybridized carbons (Fsp3) is 0.769. The molecule has 0 rings (SSSR count). The van der Waals surface area contributed by atoms with Crippen molar-refractivity contribution in [2.24, 2.45) is 0 Å². The summed E-state index contributed by atoms with van der Waals surface area (Å²) < 4.78 is 5.39. The van der Waals surface area contributed by atoms with Crippen molar-refractivity contribution in [3.05, 3.63) is 11.6 Å². The Balaban J connectivity index is 3.93. The number of allylic oxidation sites excluding steroid dienone is 1. The number of carbonyl (C=O) groups is 1. The van der Waals surface area contributed by atoms with Crippen molar-refractivity contribution >= 4 is 5.97 Å². The quantitative estimate of drug-likeness (QED) is 0.364. The highest BCUT2D eigenvalue weighted by atomic mass is 16.5. The fourth-order valence-electron chi connectivity index (χ4n) is 1.33. The van der Waals surface area contributed by atoms with E-state index in [0.29, 0.717) is 5.57 Å². The summed E-state index contributed by atoms with van der Waals surface area (Å²) in [5.74, 6) is -0.166. The molecule has 0 aliphatic rings. The van der Waals surface area contributed by atoms with E-state index in [1.807, 2.05) is 6.92 Å². The van der Waals surface area contributed by atoms with Crippen molar-refractivity contribution in [1.29, 1.82) is 0 Å². The average Bonchev–Trinajstić information content (AvgIpc) is 2.26. The molecular weight excluding hydrogens is 188 g/mol. The summed E-state index contributed by atoms with van der Waals surface area (Å²) in [6.45, 7) is 7.89. The normalized spacial score (nSPS) is 13.7. The van der Waals surface area contributed by atoms with Gasteiger partial charge in [0, 0.05) is 5.57 Å². The zero-order valence-corrected chi connectivity index (χ0v) is 10.5. The number of rotatable bonds is 7. The molecule has 0 saturated heterocycles. The number of esters is 1. The van der Waals surface area contributed by atoms with Crippen molar-refractivity contribution in [1.82, 2.24) is 0 Å². The van der Waals surface area contributed by atoms with Crippen LogP contribution in [0.25, 0.3) is 0 Å². The molecule has 15 heavy (non-hydrogen) atoms. The Kier molecular flexibility index (Phi) is 8.06. The zero-order valence-electron chi connectivity index (χ0n) is 10.5. The summed E-state index contributed by atoms with van der Waals surface area (Å²) in [5, 5.41) is 0. The molecule has 0 bridgehead atoms. The third-order valence-corrected chi connectivity index (χ3v) is 2.61. The first kappa shape index (κ1) is 14.2. The van der Waals surface area contributed by atoms with Crippen LogP contribution in [0.4, 0.5) is 0 Å². The molecule has 0 heterocycles. The predicted octanol–water partition coefficient (Wildman–Crippen LogP) is 3.85. The monoisotopic (exact) mass is 212 g/mol. The first-order valence-corrected chi connectivity index (χ1v) is 5.99. The number of hydrogen-bond donors (Lipinski definition) is 0. The third-order valence-electron chi connectivity index (χ3n) is 2.61. The van der Waals surface area contributed by atoms with Crippen molar-refractivity contribution in [2.45, 2.75) is 65.9 Å². The number of ether oxygens (including phenoxy) is 1. The topological polar surface area (TPSA) is 26.3 Å². The van der Waals surface area contributed by atoms with Crippen molar-refractivity contribution in [3.8, 4) is 0 Å². The Hall–Kier alpha value is -0.790. The molecule has 0 aromatic heterocycles. The van der Waals surface area contributed by atoms with E-state index in [-0.39, 0.29) is 12.1 Å². The summed E-state index contributed by atoms with van der Waals surface area (Å²) in [6, 6.07) is 0. The van der Waals surface area contributed by atoms with E-state index in [1.165, 1.54) is 12.8 Å². The van der Waals surface area contributed by atoms with Gasteiger partial charge in [0.05, 0.1) is 0 Å². The van der Waals surface area contributed by atoms with E-state index >= 15 is 0 Å². The van der Waals surface area contributed by atoms with E-state index in [0.717, 1.165) is 19.3 Å². The van der Waals surface area contributed by atoms with Crippen LogP contribution in [0.1, 0.15) is 59.8 Å². The lowest BCUT2D eigenvalue weighted by Gasteiger charge is -2.16. The van der Waals surface area contributed by atoms with Crippen LogP contribution < -0.4 is 0 Å². The largest absolute Gasteiger partial charge is 0.459 e. The molecule has 88 valence electrons. The summed E-state index contributed by atoms with van der Waals surface area (Å²) in [5.41, 5.74) is 0.698. The van der Waals surface area contributed by atoms with Crippen molar-refractivity contribution < 1.29 is 9.53 Å². The van der Waals surface area contributed by atoms with Gasteiger partial charge in [-0.3, -0.25) is 0 Å². The van der Waals surface area contributed by atoms with Gasteiger partial charge in [-0.2, -0.15) is 0 Å². The van der Waals surface area contributed by atoms with E-state index in [2.05, 4.69) is 13.8 Å². The SMILES string of the molecule is C/C=C(/C)C(=O)O[C@H](CC)CCCCC. The maximum Gasteiger partial charge on any atom is 0.333 e. The molecule has 0 amide bonds. The van der Waals surface area contributed by atoms with Crippen LogP contribution >= 0.6 is 0 Å². The molecule has 0 N–H and O–H groups in total. The van der Waals surface area contributed by atoms with Crippen LogP contribution in [-0.2, 0) is 9.53 Å². The number of carbonyl (C=O) groups excluding carboxylic acids is 1. The van der Waals surface area contributed by atoms with Gasteiger partial charge in [-0.15, -0.1) is 0 Å². The second kappa shape index (κ2) is 8.51. The van der Waals surface area contributed by atoms with Crippen LogP contribution in [0, 0.1) is 0 Å². The standard InChI is InChI=1S/C13H24O2/c1-5-8-9-10-12(7-3)15-13(14)11(4)6-2/h6,12H,5,7-10H2,1-4H3/b11-6-/t12-/m1/s1. The molecule has 2 nitrogen and oxygen atoms in total. The van der Waals surface area contributed by atoms with Crippen molar-refractivity contribution in [3.63, 3.8) is 0 Å². The molecule has 0 radical (unpaired) electrons. The molecule has 0 fully saturated rings. The predicted molar refractivity (Wildman–Crippen MR) is 63.7 cm³/mol. The minimum absolute atomic E-state index is 0.0962. The van der Waals surface area contributed by atoms with Gasteiger partial charge in [0.2, 0.25) is 0 Å².